The maximum absolute atomic E-state index is 11.3. The molecule has 2 fully saturated rings. The van der Waals surface area contributed by atoms with E-state index in [2.05, 4.69) is 13.0 Å². The average Bonchev–Trinajstić information content (AvgIpc) is 2.88. The number of fused-ring (bicyclic) bond motifs is 8. The number of esters is 1. The Morgan fingerprint density at radius 3 is 3.12 bits per heavy atom. The molecule has 0 aromatic carbocycles. The van der Waals surface area contributed by atoms with Crippen LogP contribution < -0.4 is 0 Å². The van der Waals surface area contributed by atoms with Crippen molar-refractivity contribution >= 4 is 5.97 Å². The molecule has 17 heavy (non-hydrogen) atoms. The Balaban J connectivity index is 1.66. The molecule has 2 nitrogen and oxygen atoms in total. The Bertz CT molecular complexity index is 425. The summed E-state index contributed by atoms with van der Waals surface area (Å²) in [5.74, 6) is 3.86. The van der Waals surface area contributed by atoms with E-state index in [9.17, 15) is 4.79 Å². The van der Waals surface area contributed by atoms with Gasteiger partial charge >= 0.3 is 5.97 Å². The number of hydrogen-bond donors (Lipinski definition) is 0. The fourth-order valence-corrected chi connectivity index (χ4v) is 5.64. The maximum Gasteiger partial charge on any atom is 0.303 e. The molecule has 0 N–H and O–H groups in total. The number of ether oxygens (including phenoxy) is 1. The molecule has 6 unspecified atom stereocenters. The minimum Gasteiger partial charge on any atom is -0.459 e. The second kappa shape index (κ2) is 2.96. The van der Waals surface area contributed by atoms with E-state index in [-0.39, 0.29) is 11.6 Å². The third-order valence-corrected chi connectivity index (χ3v) is 5.89. The van der Waals surface area contributed by atoms with E-state index < -0.39 is 0 Å². The van der Waals surface area contributed by atoms with Crippen LogP contribution in [0.5, 0.6) is 0 Å². The van der Waals surface area contributed by atoms with Gasteiger partial charge in [0.2, 0.25) is 0 Å². The summed E-state index contributed by atoms with van der Waals surface area (Å²) in [6.07, 6.45) is 7.66. The molecule has 4 aliphatic rings. The van der Waals surface area contributed by atoms with Gasteiger partial charge in [-0.2, -0.15) is 0 Å². The lowest BCUT2D eigenvalue weighted by atomic mass is 9.66. The van der Waals surface area contributed by atoms with Gasteiger partial charge in [-0.15, -0.1) is 0 Å². The average molecular weight is 232 g/mol. The highest BCUT2D eigenvalue weighted by Crippen LogP contribution is 2.68. The van der Waals surface area contributed by atoms with Crippen LogP contribution in [-0.4, -0.2) is 11.6 Å². The highest BCUT2D eigenvalue weighted by molar-refractivity contribution is 5.66. The first-order chi connectivity index (χ1) is 8.08. The summed E-state index contributed by atoms with van der Waals surface area (Å²) in [5, 5.41) is 0. The summed E-state index contributed by atoms with van der Waals surface area (Å²) in [4.78, 5) is 11.3. The summed E-state index contributed by atoms with van der Waals surface area (Å²) in [6, 6.07) is 0. The number of rotatable bonds is 1. The molecule has 0 aliphatic heterocycles. The largest absolute Gasteiger partial charge is 0.459 e. The predicted octanol–water partition coefficient (Wildman–Crippen LogP) is 2.93. The number of carbonyl (C=O) groups excluding carboxylic acids is 1. The van der Waals surface area contributed by atoms with Gasteiger partial charge in [0.1, 0.15) is 5.60 Å². The molecule has 92 valence electrons. The smallest absolute Gasteiger partial charge is 0.303 e. The van der Waals surface area contributed by atoms with Crippen molar-refractivity contribution < 1.29 is 9.53 Å². The summed E-state index contributed by atoms with van der Waals surface area (Å²) in [5.41, 5.74) is 1.54. The lowest BCUT2D eigenvalue weighted by Gasteiger charge is -2.43. The van der Waals surface area contributed by atoms with Crippen molar-refractivity contribution in [1.29, 1.82) is 0 Å². The SMILES string of the molecule is CC(=O)OC1(C)CC2CC1C1C3=CC(CC3)C21. The summed E-state index contributed by atoms with van der Waals surface area (Å²) in [7, 11) is 0. The van der Waals surface area contributed by atoms with Crippen LogP contribution in [0.4, 0.5) is 0 Å². The van der Waals surface area contributed by atoms with E-state index in [1.807, 2.05) is 0 Å². The van der Waals surface area contributed by atoms with Crippen molar-refractivity contribution in [3.05, 3.63) is 11.6 Å². The van der Waals surface area contributed by atoms with Gasteiger partial charge in [0.25, 0.3) is 0 Å². The molecule has 0 aromatic heterocycles. The second-order valence-electron chi connectivity index (χ2n) is 6.76. The quantitative estimate of drug-likeness (QED) is 0.513. The van der Waals surface area contributed by atoms with E-state index in [0.29, 0.717) is 5.92 Å². The molecule has 6 atom stereocenters. The van der Waals surface area contributed by atoms with E-state index in [1.165, 1.54) is 19.3 Å². The maximum atomic E-state index is 11.3. The zero-order valence-electron chi connectivity index (χ0n) is 10.6. The molecule has 2 saturated carbocycles. The normalized spacial score (nSPS) is 53.8. The molecule has 4 aliphatic carbocycles. The highest BCUT2D eigenvalue weighted by atomic mass is 16.6. The molecule has 0 aromatic rings. The molecule has 0 amide bonds. The topological polar surface area (TPSA) is 26.3 Å². The van der Waals surface area contributed by atoms with E-state index in [0.717, 1.165) is 30.1 Å². The first kappa shape index (κ1) is 10.2. The lowest BCUT2D eigenvalue weighted by molar-refractivity contribution is -0.164. The van der Waals surface area contributed by atoms with Gasteiger partial charge in [0, 0.05) is 12.8 Å². The Hall–Kier alpha value is -0.790. The van der Waals surface area contributed by atoms with Crippen LogP contribution >= 0.6 is 0 Å². The Morgan fingerprint density at radius 1 is 1.53 bits per heavy atom. The van der Waals surface area contributed by atoms with Gasteiger partial charge in [-0.3, -0.25) is 4.79 Å². The van der Waals surface area contributed by atoms with E-state index in [4.69, 9.17) is 4.74 Å². The monoisotopic (exact) mass is 232 g/mol. The van der Waals surface area contributed by atoms with Crippen LogP contribution in [0.1, 0.15) is 39.5 Å². The molecular weight excluding hydrogens is 212 g/mol. The molecule has 2 heteroatoms. The summed E-state index contributed by atoms with van der Waals surface area (Å²) in [6.45, 7) is 3.72. The van der Waals surface area contributed by atoms with Crippen molar-refractivity contribution in [2.45, 2.75) is 45.1 Å². The molecule has 0 spiro atoms. The Labute approximate surface area is 102 Å². The van der Waals surface area contributed by atoms with Crippen LogP contribution in [0.15, 0.2) is 11.6 Å². The van der Waals surface area contributed by atoms with Crippen molar-refractivity contribution in [3.63, 3.8) is 0 Å². The fourth-order valence-electron chi connectivity index (χ4n) is 5.64. The number of hydrogen-bond acceptors (Lipinski definition) is 2. The van der Waals surface area contributed by atoms with Gasteiger partial charge in [-0.25, -0.2) is 0 Å². The Kier molecular flexibility index (Phi) is 1.77. The first-order valence-electron chi connectivity index (χ1n) is 6.99. The molecular formula is C15H20O2. The van der Waals surface area contributed by atoms with Crippen molar-refractivity contribution in [2.24, 2.45) is 29.6 Å². The second-order valence-corrected chi connectivity index (χ2v) is 6.76. The fraction of sp³-hybridized carbons (Fsp3) is 0.800. The van der Waals surface area contributed by atoms with Crippen LogP contribution in [0.25, 0.3) is 0 Å². The third-order valence-electron chi connectivity index (χ3n) is 5.89. The van der Waals surface area contributed by atoms with Crippen molar-refractivity contribution in [3.8, 4) is 0 Å². The lowest BCUT2D eigenvalue weighted by Crippen LogP contribution is -2.44. The van der Waals surface area contributed by atoms with Crippen molar-refractivity contribution in [1.82, 2.24) is 0 Å². The van der Waals surface area contributed by atoms with E-state index >= 15 is 0 Å². The predicted molar refractivity (Wildman–Crippen MR) is 64.2 cm³/mol. The minimum atomic E-state index is -0.164. The van der Waals surface area contributed by atoms with Gasteiger partial charge in [0.05, 0.1) is 0 Å². The minimum absolute atomic E-state index is 0.103. The molecule has 4 bridgehead atoms. The third kappa shape index (κ3) is 1.14. The van der Waals surface area contributed by atoms with Crippen molar-refractivity contribution in [2.75, 3.05) is 0 Å². The zero-order chi connectivity index (χ0) is 11.8. The molecule has 0 heterocycles. The van der Waals surface area contributed by atoms with Crippen LogP contribution in [0.2, 0.25) is 0 Å². The van der Waals surface area contributed by atoms with Crippen LogP contribution in [0, 0.1) is 29.6 Å². The summed E-state index contributed by atoms with van der Waals surface area (Å²) < 4.78 is 5.68. The molecule has 0 radical (unpaired) electrons. The van der Waals surface area contributed by atoms with Crippen LogP contribution in [0.3, 0.4) is 0 Å². The first-order valence-corrected chi connectivity index (χ1v) is 6.99. The highest BCUT2D eigenvalue weighted by Gasteiger charge is 2.64. The standard InChI is InChI=1S/C15H20O2/c1-8(16)17-15(2)7-11-6-12(15)14-10-4-3-9(5-10)13(11)14/h5,9,11-14H,3-4,6-7H2,1-2H3. The molecule has 4 rings (SSSR count). The van der Waals surface area contributed by atoms with Gasteiger partial charge in [-0.1, -0.05) is 11.6 Å². The Morgan fingerprint density at radius 2 is 2.35 bits per heavy atom. The zero-order valence-corrected chi connectivity index (χ0v) is 10.6. The number of carbonyl (C=O) groups is 1. The number of allylic oxidation sites excluding steroid dienone is 2. The van der Waals surface area contributed by atoms with E-state index in [1.54, 1.807) is 12.5 Å². The van der Waals surface area contributed by atoms with Gasteiger partial charge in [0.15, 0.2) is 0 Å². The molecule has 0 saturated heterocycles. The summed E-state index contributed by atoms with van der Waals surface area (Å²) >= 11 is 0. The van der Waals surface area contributed by atoms with Gasteiger partial charge < -0.3 is 4.74 Å². The van der Waals surface area contributed by atoms with Crippen LogP contribution in [-0.2, 0) is 9.53 Å². The van der Waals surface area contributed by atoms with Gasteiger partial charge in [-0.05, 0) is 56.3 Å².